The summed E-state index contributed by atoms with van der Waals surface area (Å²) in [4.78, 5) is 14.1. The van der Waals surface area contributed by atoms with Gasteiger partial charge in [0, 0.05) is 34.8 Å². The van der Waals surface area contributed by atoms with Crippen molar-refractivity contribution in [1.82, 2.24) is 10.2 Å². The summed E-state index contributed by atoms with van der Waals surface area (Å²) < 4.78 is 1.10. The van der Waals surface area contributed by atoms with E-state index >= 15 is 0 Å². The van der Waals surface area contributed by atoms with E-state index in [-0.39, 0.29) is 5.91 Å². The molecule has 1 aromatic rings. The summed E-state index contributed by atoms with van der Waals surface area (Å²) in [5.74, 6) is 0.145. The van der Waals surface area contributed by atoms with Gasteiger partial charge in [-0.15, -0.1) is 0 Å². The number of nitrogens with zero attached hydrogens (tertiary/aromatic N) is 1. The Labute approximate surface area is 109 Å². The number of rotatable bonds is 1. The third-order valence-electron chi connectivity index (χ3n) is 2.73. The number of hydrogen-bond donors (Lipinski definition) is 1. The minimum Gasteiger partial charge on any atom is -0.336 e. The van der Waals surface area contributed by atoms with Gasteiger partial charge >= 0.3 is 0 Å². The largest absolute Gasteiger partial charge is 0.336 e. The Kier molecular flexibility index (Phi) is 3.81. The van der Waals surface area contributed by atoms with Crippen LogP contribution in [-0.4, -0.2) is 36.5 Å². The van der Waals surface area contributed by atoms with Crippen LogP contribution >= 0.6 is 22.6 Å². The summed E-state index contributed by atoms with van der Waals surface area (Å²) in [5, 5.41) is 3.33. The highest BCUT2D eigenvalue weighted by atomic mass is 127. The van der Waals surface area contributed by atoms with E-state index in [1.54, 1.807) is 0 Å². The molecule has 1 aromatic carbocycles. The van der Waals surface area contributed by atoms with Gasteiger partial charge in [-0.25, -0.2) is 0 Å². The smallest absolute Gasteiger partial charge is 0.253 e. The van der Waals surface area contributed by atoms with E-state index in [9.17, 15) is 4.79 Å². The Bertz CT molecular complexity index is 394. The molecule has 0 spiro atoms. The molecular formula is C12H15IN2O. The summed E-state index contributed by atoms with van der Waals surface area (Å²) in [6, 6.07) is 8.14. The van der Waals surface area contributed by atoms with Crippen molar-refractivity contribution >= 4 is 28.5 Å². The highest BCUT2D eigenvalue weighted by molar-refractivity contribution is 14.1. The highest BCUT2D eigenvalue weighted by Crippen LogP contribution is 2.11. The van der Waals surface area contributed by atoms with Crippen LogP contribution in [0.5, 0.6) is 0 Å². The Balaban J connectivity index is 2.12. The van der Waals surface area contributed by atoms with E-state index < -0.39 is 0 Å². The van der Waals surface area contributed by atoms with Crippen LogP contribution < -0.4 is 5.32 Å². The molecule has 3 nitrogen and oxygen atoms in total. The first kappa shape index (κ1) is 11.9. The lowest BCUT2D eigenvalue weighted by Crippen LogP contribution is -2.51. The summed E-state index contributed by atoms with van der Waals surface area (Å²) >= 11 is 2.23. The van der Waals surface area contributed by atoms with Crippen LogP contribution in [0.2, 0.25) is 0 Å². The number of nitrogens with one attached hydrogen (secondary N) is 1. The zero-order valence-electron chi connectivity index (χ0n) is 9.24. The first-order chi connectivity index (χ1) is 7.66. The van der Waals surface area contributed by atoms with E-state index in [0.29, 0.717) is 6.04 Å². The maximum Gasteiger partial charge on any atom is 0.253 e. The molecule has 0 bridgehead atoms. The molecule has 4 heteroatoms. The maximum absolute atomic E-state index is 12.2. The van der Waals surface area contributed by atoms with Crippen molar-refractivity contribution in [2.45, 2.75) is 13.0 Å². The quantitative estimate of drug-likeness (QED) is 0.796. The summed E-state index contributed by atoms with van der Waals surface area (Å²) in [5.41, 5.74) is 0.793. The summed E-state index contributed by atoms with van der Waals surface area (Å²) in [6.45, 7) is 4.59. The molecule has 0 aromatic heterocycles. The van der Waals surface area contributed by atoms with Crippen molar-refractivity contribution in [2.24, 2.45) is 0 Å². The minimum absolute atomic E-state index is 0.145. The number of hydrogen-bond acceptors (Lipinski definition) is 2. The van der Waals surface area contributed by atoms with Gasteiger partial charge in [-0.3, -0.25) is 4.79 Å². The molecule has 0 aliphatic carbocycles. The van der Waals surface area contributed by atoms with Gasteiger partial charge in [0.15, 0.2) is 0 Å². The van der Waals surface area contributed by atoms with Crippen molar-refractivity contribution < 1.29 is 4.79 Å². The molecule has 1 aliphatic heterocycles. The summed E-state index contributed by atoms with van der Waals surface area (Å²) in [6.07, 6.45) is 0. The van der Waals surface area contributed by atoms with Gasteiger partial charge in [-0.2, -0.15) is 0 Å². The molecule has 16 heavy (non-hydrogen) atoms. The SMILES string of the molecule is CC1CN(C(=O)c2cccc(I)c2)CCN1. The highest BCUT2D eigenvalue weighted by Gasteiger charge is 2.21. The Morgan fingerprint density at radius 2 is 2.38 bits per heavy atom. The number of benzene rings is 1. The Hall–Kier alpha value is -0.620. The van der Waals surface area contributed by atoms with Crippen LogP contribution in [0.3, 0.4) is 0 Å². The molecular weight excluding hydrogens is 315 g/mol. The van der Waals surface area contributed by atoms with Gasteiger partial charge in [-0.1, -0.05) is 6.07 Å². The van der Waals surface area contributed by atoms with Gasteiger partial charge in [0.2, 0.25) is 0 Å². The molecule has 0 radical (unpaired) electrons. The standard InChI is InChI=1S/C12H15IN2O/c1-9-8-15(6-5-14-9)12(16)10-3-2-4-11(13)7-10/h2-4,7,9,14H,5-6,8H2,1H3. The third kappa shape index (κ3) is 2.74. The van der Waals surface area contributed by atoms with Crippen molar-refractivity contribution in [3.63, 3.8) is 0 Å². The first-order valence-corrected chi connectivity index (χ1v) is 6.53. The zero-order valence-corrected chi connectivity index (χ0v) is 11.4. The minimum atomic E-state index is 0.145. The molecule has 1 amide bonds. The van der Waals surface area contributed by atoms with Gasteiger partial charge in [0.1, 0.15) is 0 Å². The molecule has 0 saturated carbocycles. The van der Waals surface area contributed by atoms with E-state index in [1.165, 1.54) is 0 Å². The molecule has 86 valence electrons. The second-order valence-corrected chi connectivity index (χ2v) is 5.36. The number of carbonyl (C=O) groups excluding carboxylic acids is 1. The fourth-order valence-electron chi connectivity index (χ4n) is 1.92. The number of piperazine rings is 1. The monoisotopic (exact) mass is 330 g/mol. The molecule has 1 heterocycles. The van der Waals surface area contributed by atoms with Gasteiger partial charge < -0.3 is 10.2 Å². The van der Waals surface area contributed by atoms with Crippen LogP contribution in [0.15, 0.2) is 24.3 Å². The van der Waals surface area contributed by atoms with Gasteiger partial charge in [0.05, 0.1) is 0 Å². The van der Waals surface area contributed by atoms with Crippen LogP contribution in [0.1, 0.15) is 17.3 Å². The molecule has 1 atom stereocenters. The number of halogens is 1. The van der Waals surface area contributed by atoms with E-state index in [0.717, 1.165) is 28.8 Å². The van der Waals surface area contributed by atoms with Crippen molar-refractivity contribution in [3.05, 3.63) is 33.4 Å². The lowest BCUT2D eigenvalue weighted by molar-refractivity contribution is 0.0709. The number of carbonyl (C=O) groups is 1. The van der Waals surface area contributed by atoms with E-state index in [4.69, 9.17) is 0 Å². The molecule has 1 fully saturated rings. The van der Waals surface area contributed by atoms with Crippen LogP contribution in [0.25, 0.3) is 0 Å². The topological polar surface area (TPSA) is 32.3 Å². The number of amides is 1. The van der Waals surface area contributed by atoms with Crippen molar-refractivity contribution in [2.75, 3.05) is 19.6 Å². The van der Waals surface area contributed by atoms with E-state index in [1.807, 2.05) is 29.2 Å². The van der Waals surface area contributed by atoms with E-state index in [2.05, 4.69) is 34.8 Å². The second-order valence-electron chi connectivity index (χ2n) is 4.12. The second kappa shape index (κ2) is 5.14. The van der Waals surface area contributed by atoms with Crippen molar-refractivity contribution in [1.29, 1.82) is 0 Å². The average Bonchev–Trinajstić information content (AvgIpc) is 2.28. The normalized spacial score (nSPS) is 20.9. The lowest BCUT2D eigenvalue weighted by atomic mass is 10.1. The lowest BCUT2D eigenvalue weighted by Gasteiger charge is -2.32. The van der Waals surface area contributed by atoms with Crippen LogP contribution in [-0.2, 0) is 0 Å². The predicted octanol–water partition coefficient (Wildman–Crippen LogP) is 1.73. The Morgan fingerprint density at radius 3 is 3.06 bits per heavy atom. The van der Waals surface area contributed by atoms with Crippen LogP contribution in [0.4, 0.5) is 0 Å². The molecule has 1 unspecified atom stereocenters. The maximum atomic E-state index is 12.2. The summed E-state index contributed by atoms with van der Waals surface area (Å²) in [7, 11) is 0. The first-order valence-electron chi connectivity index (χ1n) is 5.45. The molecule has 1 saturated heterocycles. The van der Waals surface area contributed by atoms with Gasteiger partial charge in [-0.05, 0) is 47.7 Å². The van der Waals surface area contributed by atoms with Crippen LogP contribution in [0, 0.1) is 3.57 Å². The molecule has 2 rings (SSSR count). The molecule has 1 N–H and O–H groups in total. The predicted molar refractivity (Wildman–Crippen MR) is 72.5 cm³/mol. The van der Waals surface area contributed by atoms with Crippen molar-refractivity contribution in [3.8, 4) is 0 Å². The molecule has 1 aliphatic rings. The fraction of sp³-hybridized carbons (Fsp3) is 0.417. The van der Waals surface area contributed by atoms with Gasteiger partial charge in [0.25, 0.3) is 5.91 Å². The fourth-order valence-corrected chi connectivity index (χ4v) is 2.46. The Morgan fingerprint density at radius 1 is 1.56 bits per heavy atom. The zero-order chi connectivity index (χ0) is 11.5. The third-order valence-corrected chi connectivity index (χ3v) is 3.40. The average molecular weight is 330 g/mol.